The Morgan fingerprint density at radius 1 is 1.06 bits per heavy atom. The molecule has 2 aromatic heterocycles. The van der Waals surface area contributed by atoms with Crippen LogP contribution in [-0.2, 0) is 6.54 Å². The van der Waals surface area contributed by atoms with Crippen LogP contribution in [0.5, 0.6) is 0 Å². The highest BCUT2D eigenvalue weighted by Crippen LogP contribution is 2.34. The average Bonchev–Trinajstić information content (AvgIpc) is 3.23. The molecule has 1 fully saturated rings. The van der Waals surface area contributed by atoms with E-state index in [1.165, 1.54) is 5.56 Å². The molecule has 1 amide bonds. The van der Waals surface area contributed by atoms with Gasteiger partial charge in [0.2, 0.25) is 0 Å². The highest BCUT2D eigenvalue weighted by atomic mass is 16.1. The van der Waals surface area contributed by atoms with E-state index < -0.39 is 0 Å². The number of carbonyl (C=O) groups is 1. The Bertz CT molecular complexity index is 1130. The second kappa shape index (κ2) is 9.79. The van der Waals surface area contributed by atoms with Crippen LogP contribution in [-0.4, -0.2) is 27.4 Å². The number of carbonyl (C=O) groups excluding carboxylic acids is 1. The second-order valence-corrected chi connectivity index (χ2v) is 9.39. The van der Waals surface area contributed by atoms with Crippen molar-refractivity contribution in [3.05, 3.63) is 77.6 Å². The topological polar surface area (TPSA) is 84.5 Å². The highest BCUT2D eigenvalue weighted by Gasteiger charge is 2.24. The minimum atomic E-state index is -0.0260. The first kappa shape index (κ1) is 21.7. The van der Waals surface area contributed by atoms with Crippen LogP contribution in [0, 0.1) is 0 Å². The summed E-state index contributed by atoms with van der Waals surface area (Å²) in [5.74, 6) is 1.39. The number of hydrogen-bond acceptors (Lipinski definition) is 4. The summed E-state index contributed by atoms with van der Waals surface area (Å²) in [5.41, 5.74) is 9.80. The lowest BCUT2D eigenvalue weighted by atomic mass is 9.91. The maximum atomic E-state index is 12.9. The van der Waals surface area contributed by atoms with Crippen LogP contribution < -0.4 is 16.4 Å². The normalized spacial score (nSPS) is 22.9. The molecule has 1 unspecified atom stereocenters. The lowest BCUT2D eigenvalue weighted by Gasteiger charge is -2.26. The SMILES string of the molecule is NC1CCC(NC(=O)c2ccn3c(NCc4ccccc4)c(C4CC=CCC4)nc3c2)CC1. The third kappa shape index (κ3) is 4.96. The molecule has 1 saturated carbocycles. The lowest BCUT2D eigenvalue weighted by molar-refractivity contribution is 0.0926. The molecule has 3 aromatic rings. The Morgan fingerprint density at radius 2 is 1.88 bits per heavy atom. The first-order valence-corrected chi connectivity index (χ1v) is 12.2. The van der Waals surface area contributed by atoms with E-state index in [1.54, 1.807) is 0 Å². The van der Waals surface area contributed by atoms with Crippen LogP contribution in [0.1, 0.15) is 72.5 Å². The summed E-state index contributed by atoms with van der Waals surface area (Å²) >= 11 is 0. The minimum Gasteiger partial charge on any atom is -0.366 e. The van der Waals surface area contributed by atoms with Gasteiger partial charge in [-0.15, -0.1) is 0 Å². The number of allylic oxidation sites excluding steroid dienone is 2. The van der Waals surface area contributed by atoms with E-state index in [0.29, 0.717) is 11.5 Å². The molecule has 0 radical (unpaired) electrons. The summed E-state index contributed by atoms with van der Waals surface area (Å²) in [5, 5.41) is 6.83. The van der Waals surface area contributed by atoms with Gasteiger partial charge in [-0.3, -0.25) is 9.20 Å². The summed E-state index contributed by atoms with van der Waals surface area (Å²) in [7, 11) is 0. The van der Waals surface area contributed by atoms with E-state index in [2.05, 4.69) is 51.5 Å². The monoisotopic (exact) mass is 443 g/mol. The molecule has 6 heteroatoms. The fourth-order valence-corrected chi connectivity index (χ4v) is 5.02. The molecule has 6 nitrogen and oxygen atoms in total. The number of anilines is 1. The van der Waals surface area contributed by atoms with Gasteiger partial charge in [-0.25, -0.2) is 4.98 Å². The number of benzene rings is 1. The smallest absolute Gasteiger partial charge is 0.251 e. The zero-order valence-electron chi connectivity index (χ0n) is 19.0. The third-order valence-corrected chi connectivity index (χ3v) is 6.98. The molecule has 172 valence electrons. The number of aromatic nitrogens is 2. The van der Waals surface area contributed by atoms with Gasteiger partial charge in [0.15, 0.2) is 0 Å². The van der Waals surface area contributed by atoms with Crippen LogP contribution in [0.3, 0.4) is 0 Å². The number of nitrogens with one attached hydrogen (secondary N) is 2. The second-order valence-electron chi connectivity index (χ2n) is 9.39. The number of nitrogens with two attached hydrogens (primary N) is 1. The summed E-state index contributed by atoms with van der Waals surface area (Å²) in [6.45, 7) is 0.732. The number of rotatable bonds is 6. The zero-order chi connectivity index (χ0) is 22.6. The number of hydrogen-bond donors (Lipinski definition) is 3. The van der Waals surface area contributed by atoms with Crippen molar-refractivity contribution in [3.63, 3.8) is 0 Å². The molecule has 5 rings (SSSR count). The van der Waals surface area contributed by atoms with Gasteiger partial charge in [0.05, 0.1) is 5.69 Å². The quantitative estimate of drug-likeness (QED) is 0.479. The van der Waals surface area contributed by atoms with Crippen LogP contribution in [0.25, 0.3) is 5.65 Å². The molecule has 0 aliphatic heterocycles. The van der Waals surface area contributed by atoms with Crippen molar-refractivity contribution in [2.75, 3.05) is 5.32 Å². The van der Waals surface area contributed by atoms with Crippen molar-refractivity contribution in [2.24, 2.45) is 5.73 Å². The van der Waals surface area contributed by atoms with E-state index in [4.69, 9.17) is 10.7 Å². The summed E-state index contributed by atoms with van der Waals surface area (Å²) in [6.07, 6.45) is 13.5. The van der Waals surface area contributed by atoms with Crippen molar-refractivity contribution >= 4 is 17.4 Å². The lowest BCUT2D eigenvalue weighted by Crippen LogP contribution is -2.40. The average molecular weight is 444 g/mol. The molecular formula is C27H33N5O. The summed E-state index contributed by atoms with van der Waals surface area (Å²) in [4.78, 5) is 18.0. The van der Waals surface area contributed by atoms with E-state index >= 15 is 0 Å². The van der Waals surface area contributed by atoms with Gasteiger partial charge in [0, 0.05) is 36.3 Å². The molecular weight excluding hydrogens is 410 g/mol. The van der Waals surface area contributed by atoms with Crippen molar-refractivity contribution < 1.29 is 4.79 Å². The molecule has 2 heterocycles. The summed E-state index contributed by atoms with van der Waals surface area (Å²) in [6, 6.07) is 14.7. The van der Waals surface area contributed by atoms with Gasteiger partial charge in [-0.05, 0) is 62.6 Å². The summed E-state index contributed by atoms with van der Waals surface area (Å²) < 4.78 is 2.09. The molecule has 4 N–H and O–H groups in total. The number of pyridine rings is 1. The number of imidazole rings is 1. The third-order valence-electron chi connectivity index (χ3n) is 6.98. The fourth-order valence-electron chi connectivity index (χ4n) is 5.02. The first-order chi connectivity index (χ1) is 16.2. The van der Waals surface area contributed by atoms with Gasteiger partial charge < -0.3 is 16.4 Å². The van der Waals surface area contributed by atoms with Crippen molar-refractivity contribution in [1.29, 1.82) is 0 Å². The molecule has 2 aliphatic carbocycles. The standard InChI is InChI=1S/C27H33N5O/c28-22-11-13-23(14-12-22)30-27(33)21-15-16-32-24(17-21)31-25(20-9-5-2-6-10-20)26(32)29-18-19-7-3-1-4-8-19/h1-5,7-8,15-17,20,22-23,29H,6,9-14,18,28H2,(H,30,33). The molecule has 2 aliphatic rings. The molecule has 1 aromatic carbocycles. The van der Waals surface area contributed by atoms with Crippen molar-refractivity contribution in [3.8, 4) is 0 Å². The number of nitrogens with zero attached hydrogens (tertiary/aromatic N) is 2. The molecule has 1 atom stereocenters. The van der Waals surface area contributed by atoms with E-state index in [1.807, 2.05) is 24.4 Å². The molecule has 0 saturated heterocycles. The van der Waals surface area contributed by atoms with Gasteiger partial charge >= 0.3 is 0 Å². The predicted molar refractivity (Wildman–Crippen MR) is 132 cm³/mol. The van der Waals surface area contributed by atoms with Gasteiger partial charge in [-0.1, -0.05) is 42.5 Å². The van der Waals surface area contributed by atoms with Crippen LogP contribution in [0.15, 0.2) is 60.8 Å². The highest BCUT2D eigenvalue weighted by molar-refractivity contribution is 5.95. The van der Waals surface area contributed by atoms with E-state index in [0.717, 1.165) is 68.6 Å². The van der Waals surface area contributed by atoms with Gasteiger partial charge in [0.25, 0.3) is 5.91 Å². The molecule has 0 bridgehead atoms. The van der Waals surface area contributed by atoms with Crippen LogP contribution >= 0.6 is 0 Å². The fraction of sp³-hybridized carbons (Fsp3) is 0.407. The maximum Gasteiger partial charge on any atom is 0.251 e. The van der Waals surface area contributed by atoms with Crippen molar-refractivity contribution in [2.45, 2.75) is 69.5 Å². The maximum absolute atomic E-state index is 12.9. The largest absolute Gasteiger partial charge is 0.366 e. The molecule has 33 heavy (non-hydrogen) atoms. The zero-order valence-corrected chi connectivity index (χ0v) is 19.0. The number of fused-ring (bicyclic) bond motifs is 1. The molecule has 0 spiro atoms. The number of amides is 1. The van der Waals surface area contributed by atoms with Crippen LogP contribution in [0.2, 0.25) is 0 Å². The van der Waals surface area contributed by atoms with E-state index in [9.17, 15) is 4.79 Å². The Hall–Kier alpha value is -3.12. The minimum absolute atomic E-state index is 0.0260. The Labute approximate surface area is 195 Å². The van der Waals surface area contributed by atoms with E-state index in [-0.39, 0.29) is 18.0 Å². The van der Waals surface area contributed by atoms with Gasteiger partial charge in [0.1, 0.15) is 11.5 Å². The Kier molecular flexibility index (Phi) is 6.44. The van der Waals surface area contributed by atoms with Crippen LogP contribution in [0.4, 0.5) is 5.82 Å². The predicted octanol–water partition coefficient (Wildman–Crippen LogP) is 4.77. The van der Waals surface area contributed by atoms with Crippen molar-refractivity contribution in [1.82, 2.24) is 14.7 Å². The Balaban J connectivity index is 1.40. The first-order valence-electron chi connectivity index (χ1n) is 12.2. The van der Waals surface area contributed by atoms with Gasteiger partial charge in [-0.2, -0.15) is 0 Å². The Morgan fingerprint density at radius 3 is 2.64 bits per heavy atom.